The minimum absolute atomic E-state index is 0.182. The maximum atomic E-state index is 13.0. The first-order valence-corrected chi connectivity index (χ1v) is 7.52. The number of rotatable bonds is 3. The molecule has 0 saturated heterocycles. The van der Waals surface area contributed by atoms with E-state index in [1.54, 1.807) is 6.07 Å². The molecule has 0 heterocycles. The first-order chi connectivity index (χ1) is 11.2. The van der Waals surface area contributed by atoms with Crippen LogP contribution in [-0.2, 0) is 11.0 Å². The molecule has 2 aromatic carbocycles. The van der Waals surface area contributed by atoms with Crippen LogP contribution in [0.2, 0.25) is 0 Å². The van der Waals surface area contributed by atoms with Gasteiger partial charge in [-0.25, -0.2) is 0 Å². The molecular weight excluding hydrogens is 389 g/mol. The zero-order chi connectivity index (χ0) is 17.9. The lowest BCUT2D eigenvalue weighted by Crippen LogP contribution is -2.19. The molecular formula is C16H12BrF3N2O2. The summed E-state index contributed by atoms with van der Waals surface area (Å²) < 4.78 is 39.6. The third-order valence-electron chi connectivity index (χ3n) is 3.02. The van der Waals surface area contributed by atoms with Gasteiger partial charge in [-0.3, -0.25) is 9.59 Å². The van der Waals surface area contributed by atoms with Crippen molar-refractivity contribution in [3.63, 3.8) is 0 Å². The topological polar surface area (TPSA) is 58.2 Å². The molecule has 0 radical (unpaired) electrons. The molecule has 0 aliphatic rings. The second-order valence-electron chi connectivity index (χ2n) is 4.87. The van der Waals surface area contributed by atoms with Gasteiger partial charge in [-0.05, 0) is 30.3 Å². The lowest BCUT2D eigenvalue weighted by molar-refractivity contribution is -0.137. The number of amides is 2. The number of alkyl halides is 3. The van der Waals surface area contributed by atoms with Crippen LogP contribution in [0.5, 0.6) is 0 Å². The number of benzene rings is 2. The molecule has 8 heteroatoms. The second kappa shape index (κ2) is 7.04. The van der Waals surface area contributed by atoms with Gasteiger partial charge >= 0.3 is 6.18 Å². The van der Waals surface area contributed by atoms with Gasteiger partial charge in [0.2, 0.25) is 5.91 Å². The van der Waals surface area contributed by atoms with Crippen LogP contribution in [0.15, 0.2) is 46.9 Å². The summed E-state index contributed by atoms with van der Waals surface area (Å²) in [6.07, 6.45) is -4.65. The van der Waals surface area contributed by atoms with E-state index in [1.807, 2.05) is 0 Å². The molecule has 0 fully saturated rings. The summed E-state index contributed by atoms with van der Waals surface area (Å²) in [5.74, 6) is -1.30. The van der Waals surface area contributed by atoms with Crippen molar-refractivity contribution in [1.82, 2.24) is 0 Å². The minimum atomic E-state index is -4.65. The van der Waals surface area contributed by atoms with Crippen LogP contribution < -0.4 is 10.6 Å². The van der Waals surface area contributed by atoms with E-state index in [9.17, 15) is 22.8 Å². The summed E-state index contributed by atoms with van der Waals surface area (Å²) in [4.78, 5) is 23.5. The van der Waals surface area contributed by atoms with E-state index in [2.05, 4.69) is 26.6 Å². The van der Waals surface area contributed by atoms with Crippen molar-refractivity contribution in [3.05, 3.63) is 58.1 Å². The molecule has 0 aliphatic heterocycles. The third-order valence-corrected chi connectivity index (χ3v) is 3.51. The molecule has 4 nitrogen and oxygen atoms in total. The number of carbonyl (C=O) groups excluding carboxylic acids is 2. The standard InChI is InChI=1S/C16H12BrF3N2O2/c1-9(23)21-13-7-6-10(17)8-14(13)22-15(24)11-4-2-3-5-12(11)16(18,19)20/h2-8H,1H3,(H,21,23)(H,22,24). The highest BCUT2D eigenvalue weighted by atomic mass is 79.9. The predicted molar refractivity (Wildman–Crippen MR) is 87.8 cm³/mol. The Labute approximate surface area is 144 Å². The summed E-state index contributed by atoms with van der Waals surface area (Å²) in [6.45, 7) is 1.28. The van der Waals surface area contributed by atoms with Crippen molar-refractivity contribution in [2.45, 2.75) is 13.1 Å². The lowest BCUT2D eigenvalue weighted by atomic mass is 10.1. The van der Waals surface area contributed by atoms with Crippen molar-refractivity contribution >= 4 is 39.1 Å². The zero-order valence-electron chi connectivity index (χ0n) is 12.4. The third kappa shape index (κ3) is 4.35. The highest BCUT2D eigenvalue weighted by Crippen LogP contribution is 2.33. The first-order valence-electron chi connectivity index (χ1n) is 6.73. The van der Waals surface area contributed by atoms with Crippen molar-refractivity contribution < 1.29 is 22.8 Å². The molecule has 2 aromatic rings. The van der Waals surface area contributed by atoms with Crippen LogP contribution in [0.3, 0.4) is 0 Å². The fourth-order valence-corrected chi connectivity index (χ4v) is 2.40. The number of hydrogen-bond acceptors (Lipinski definition) is 2. The van der Waals surface area contributed by atoms with E-state index in [-0.39, 0.29) is 17.3 Å². The highest BCUT2D eigenvalue weighted by Gasteiger charge is 2.34. The molecule has 126 valence electrons. The molecule has 2 rings (SSSR count). The zero-order valence-corrected chi connectivity index (χ0v) is 14.0. The van der Waals surface area contributed by atoms with Gasteiger partial charge in [0.15, 0.2) is 0 Å². The Morgan fingerprint density at radius 1 is 1.00 bits per heavy atom. The molecule has 24 heavy (non-hydrogen) atoms. The SMILES string of the molecule is CC(=O)Nc1ccc(Br)cc1NC(=O)c1ccccc1C(F)(F)F. The van der Waals surface area contributed by atoms with Crippen LogP contribution in [0, 0.1) is 0 Å². The van der Waals surface area contributed by atoms with Gasteiger partial charge in [0.25, 0.3) is 5.91 Å². The summed E-state index contributed by atoms with van der Waals surface area (Å²) in [6, 6.07) is 9.13. The Morgan fingerprint density at radius 2 is 1.67 bits per heavy atom. The van der Waals surface area contributed by atoms with Crippen LogP contribution in [-0.4, -0.2) is 11.8 Å². The molecule has 0 bridgehead atoms. The molecule has 0 spiro atoms. The molecule has 0 atom stereocenters. The van der Waals surface area contributed by atoms with Crippen molar-refractivity contribution in [2.24, 2.45) is 0 Å². The summed E-state index contributed by atoms with van der Waals surface area (Å²) in [5, 5.41) is 4.91. The molecule has 0 unspecified atom stereocenters. The summed E-state index contributed by atoms with van der Waals surface area (Å²) >= 11 is 3.21. The quantitative estimate of drug-likeness (QED) is 0.785. The van der Waals surface area contributed by atoms with Crippen molar-refractivity contribution in [1.29, 1.82) is 0 Å². The molecule has 0 aromatic heterocycles. The van der Waals surface area contributed by atoms with Gasteiger partial charge in [-0.2, -0.15) is 13.2 Å². The monoisotopic (exact) mass is 400 g/mol. The van der Waals surface area contributed by atoms with Gasteiger partial charge < -0.3 is 10.6 Å². The molecule has 0 saturated carbocycles. The molecule has 2 N–H and O–H groups in total. The average Bonchev–Trinajstić information content (AvgIpc) is 2.48. The molecule has 2 amide bonds. The Bertz CT molecular complexity index is 791. The van der Waals surface area contributed by atoms with Gasteiger partial charge in [0, 0.05) is 11.4 Å². The molecule has 0 aliphatic carbocycles. The summed E-state index contributed by atoms with van der Waals surface area (Å²) in [5.41, 5.74) is -1.07. The van der Waals surface area contributed by atoms with E-state index >= 15 is 0 Å². The van der Waals surface area contributed by atoms with E-state index in [4.69, 9.17) is 0 Å². The van der Waals surface area contributed by atoms with Crippen molar-refractivity contribution in [3.8, 4) is 0 Å². The Hall–Kier alpha value is -2.35. The maximum absolute atomic E-state index is 13.0. The van der Waals surface area contributed by atoms with Crippen LogP contribution >= 0.6 is 15.9 Å². The predicted octanol–water partition coefficient (Wildman–Crippen LogP) is 4.68. The normalized spacial score (nSPS) is 11.0. The highest BCUT2D eigenvalue weighted by molar-refractivity contribution is 9.10. The fourth-order valence-electron chi connectivity index (χ4n) is 2.04. The summed E-state index contributed by atoms with van der Waals surface area (Å²) in [7, 11) is 0. The van der Waals surface area contributed by atoms with Crippen LogP contribution in [0.4, 0.5) is 24.5 Å². The number of hydrogen-bond donors (Lipinski definition) is 2. The van der Waals surface area contributed by atoms with E-state index in [0.717, 1.165) is 12.1 Å². The Balaban J connectivity index is 2.38. The average molecular weight is 401 g/mol. The number of nitrogens with one attached hydrogen (secondary N) is 2. The Kier molecular flexibility index (Phi) is 5.28. The maximum Gasteiger partial charge on any atom is 0.417 e. The fraction of sp³-hybridized carbons (Fsp3) is 0.125. The van der Waals surface area contributed by atoms with Gasteiger partial charge in [0.1, 0.15) is 0 Å². The minimum Gasteiger partial charge on any atom is -0.325 e. The van der Waals surface area contributed by atoms with Crippen LogP contribution in [0.25, 0.3) is 0 Å². The first kappa shape index (κ1) is 18.0. The van der Waals surface area contributed by atoms with Gasteiger partial charge in [-0.15, -0.1) is 0 Å². The Morgan fingerprint density at radius 3 is 2.29 bits per heavy atom. The van der Waals surface area contributed by atoms with Crippen molar-refractivity contribution in [2.75, 3.05) is 10.6 Å². The number of carbonyl (C=O) groups is 2. The van der Waals surface area contributed by atoms with E-state index in [0.29, 0.717) is 4.47 Å². The lowest BCUT2D eigenvalue weighted by Gasteiger charge is -2.15. The van der Waals surface area contributed by atoms with E-state index < -0.39 is 23.2 Å². The van der Waals surface area contributed by atoms with E-state index in [1.165, 1.54) is 31.2 Å². The number of anilines is 2. The van der Waals surface area contributed by atoms with Gasteiger partial charge in [0.05, 0.1) is 22.5 Å². The number of halogens is 4. The van der Waals surface area contributed by atoms with Crippen LogP contribution in [0.1, 0.15) is 22.8 Å². The van der Waals surface area contributed by atoms with Gasteiger partial charge in [-0.1, -0.05) is 28.1 Å². The smallest absolute Gasteiger partial charge is 0.325 e. The largest absolute Gasteiger partial charge is 0.417 e. The second-order valence-corrected chi connectivity index (χ2v) is 5.78.